The smallest absolute Gasteiger partial charge is 0.0627 e. The van der Waals surface area contributed by atoms with Crippen LogP contribution in [0.5, 0.6) is 0 Å². The molecule has 5 heteroatoms. The Hall–Kier alpha value is -0.160. The highest BCUT2D eigenvalue weighted by Gasteiger charge is 2.05. The molecule has 1 aromatic heterocycles. The molecule has 3 nitrogen and oxygen atoms in total. The highest BCUT2D eigenvalue weighted by molar-refractivity contribution is 9.10. The van der Waals surface area contributed by atoms with Crippen molar-refractivity contribution in [2.24, 2.45) is 0 Å². The van der Waals surface area contributed by atoms with Crippen molar-refractivity contribution in [3.8, 4) is 0 Å². The summed E-state index contributed by atoms with van der Waals surface area (Å²) in [6.07, 6.45) is 3.59. The van der Waals surface area contributed by atoms with Crippen LogP contribution < -0.4 is 5.32 Å². The van der Waals surface area contributed by atoms with Gasteiger partial charge < -0.3 is 10.1 Å². The molecule has 0 radical (unpaired) electrons. The fraction of sp³-hybridized carbons (Fsp3) is 0.500. The maximum Gasteiger partial charge on any atom is 0.0627 e. The van der Waals surface area contributed by atoms with Gasteiger partial charge in [0.25, 0.3) is 0 Å². The van der Waals surface area contributed by atoms with Gasteiger partial charge in [-0.05, 0) is 27.6 Å². The number of nitrogens with one attached hydrogen (secondary N) is 1. The summed E-state index contributed by atoms with van der Waals surface area (Å²) in [7, 11) is 1.67. The van der Waals surface area contributed by atoms with E-state index < -0.39 is 0 Å². The van der Waals surface area contributed by atoms with Crippen molar-refractivity contribution in [1.29, 1.82) is 0 Å². The van der Waals surface area contributed by atoms with Crippen molar-refractivity contribution in [2.45, 2.75) is 12.6 Å². The van der Waals surface area contributed by atoms with Crippen LogP contribution in [0.25, 0.3) is 0 Å². The molecule has 0 amide bonds. The summed E-state index contributed by atoms with van der Waals surface area (Å²) in [5.74, 6) is 0.537. The standard InChI is InChI=1S/C10H14BrClN2O/c1-15-7-10(3-12)14-5-8-2-9(11)6-13-4-8/h2,4,6,10,14H,3,5,7H2,1H3. The van der Waals surface area contributed by atoms with Crippen LogP contribution in [-0.4, -0.2) is 30.6 Å². The topological polar surface area (TPSA) is 34.1 Å². The van der Waals surface area contributed by atoms with E-state index in [1.807, 2.05) is 12.3 Å². The monoisotopic (exact) mass is 292 g/mol. The van der Waals surface area contributed by atoms with Crippen molar-refractivity contribution in [3.05, 3.63) is 28.5 Å². The normalized spacial score (nSPS) is 12.7. The van der Waals surface area contributed by atoms with Crippen LogP contribution in [0.2, 0.25) is 0 Å². The lowest BCUT2D eigenvalue weighted by atomic mass is 10.2. The van der Waals surface area contributed by atoms with Crippen molar-refractivity contribution in [1.82, 2.24) is 10.3 Å². The third kappa shape index (κ3) is 4.93. The SMILES string of the molecule is COCC(CCl)NCc1cncc(Br)c1. The lowest BCUT2D eigenvalue weighted by molar-refractivity contribution is 0.172. The van der Waals surface area contributed by atoms with Gasteiger partial charge in [-0.15, -0.1) is 11.6 Å². The van der Waals surface area contributed by atoms with Crippen molar-refractivity contribution >= 4 is 27.5 Å². The maximum absolute atomic E-state index is 5.78. The highest BCUT2D eigenvalue weighted by atomic mass is 79.9. The van der Waals surface area contributed by atoms with E-state index in [2.05, 4.69) is 26.2 Å². The Bertz CT molecular complexity index is 299. The lowest BCUT2D eigenvalue weighted by Crippen LogP contribution is -2.34. The molecule has 1 aromatic rings. The molecule has 1 unspecified atom stereocenters. The first-order valence-electron chi connectivity index (χ1n) is 4.64. The van der Waals surface area contributed by atoms with E-state index >= 15 is 0 Å². The first-order valence-corrected chi connectivity index (χ1v) is 5.96. The number of hydrogen-bond donors (Lipinski definition) is 1. The van der Waals surface area contributed by atoms with Crippen LogP contribution in [0.3, 0.4) is 0 Å². The first kappa shape index (κ1) is 12.9. The van der Waals surface area contributed by atoms with Gasteiger partial charge >= 0.3 is 0 Å². The fourth-order valence-corrected chi connectivity index (χ4v) is 1.78. The summed E-state index contributed by atoms with van der Waals surface area (Å²) < 4.78 is 6.02. The summed E-state index contributed by atoms with van der Waals surface area (Å²) in [6.45, 7) is 1.36. The predicted octanol–water partition coefficient (Wildman–Crippen LogP) is 2.19. The van der Waals surface area contributed by atoms with Crippen LogP contribution in [-0.2, 0) is 11.3 Å². The summed E-state index contributed by atoms with van der Waals surface area (Å²) in [6, 6.07) is 2.20. The molecule has 0 spiro atoms. The third-order valence-electron chi connectivity index (χ3n) is 1.91. The minimum atomic E-state index is 0.177. The Kier molecular flexibility index (Phi) is 6.17. The quantitative estimate of drug-likeness (QED) is 0.817. The number of aromatic nitrogens is 1. The number of rotatable bonds is 6. The molecule has 15 heavy (non-hydrogen) atoms. The number of halogens is 2. The van der Waals surface area contributed by atoms with E-state index in [4.69, 9.17) is 16.3 Å². The zero-order valence-corrected chi connectivity index (χ0v) is 10.9. The van der Waals surface area contributed by atoms with E-state index in [0.717, 1.165) is 16.6 Å². The lowest BCUT2D eigenvalue weighted by Gasteiger charge is -2.14. The molecule has 1 atom stereocenters. The number of ether oxygens (including phenoxy) is 1. The number of methoxy groups -OCH3 is 1. The Labute approximate surface area is 103 Å². The molecule has 0 saturated carbocycles. The molecule has 0 aliphatic carbocycles. The van der Waals surface area contributed by atoms with Crippen LogP contribution in [0.15, 0.2) is 22.9 Å². The van der Waals surface area contributed by atoms with Crippen molar-refractivity contribution < 1.29 is 4.74 Å². The van der Waals surface area contributed by atoms with Crippen LogP contribution in [0.1, 0.15) is 5.56 Å². The minimum Gasteiger partial charge on any atom is -0.383 e. The number of nitrogens with zero attached hydrogens (tertiary/aromatic N) is 1. The summed E-state index contributed by atoms with van der Waals surface area (Å²) in [5.41, 5.74) is 1.12. The van der Waals surface area contributed by atoms with E-state index in [0.29, 0.717) is 12.5 Å². The van der Waals surface area contributed by atoms with Gasteiger partial charge in [-0.3, -0.25) is 4.98 Å². The maximum atomic E-state index is 5.78. The molecule has 1 heterocycles. The number of pyridine rings is 1. The second kappa shape index (κ2) is 7.17. The Morgan fingerprint density at radius 3 is 3.00 bits per heavy atom. The molecule has 84 valence electrons. The molecular formula is C10H14BrClN2O. The van der Waals surface area contributed by atoms with Crippen LogP contribution >= 0.6 is 27.5 Å². The first-order chi connectivity index (χ1) is 7.26. The van der Waals surface area contributed by atoms with Crippen LogP contribution in [0, 0.1) is 0 Å². The van der Waals surface area contributed by atoms with E-state index in [1.54, 1.807) is 13.3 Å². The zero-order valence-electron chi connectivity index (χ0n) is 8.54. The Morgan fingerprint density at radius 2 is 2.40 bits per heavy atom. The average Bonchev–Trinajstić information content (AvgIpc) is 2.24. The summed E-state index contributed by atoms with van der Waals surface area (Å²) in [5, 5.41) is 3.30. The summed E-state index contributed by atoms with van der Waals surface area (Å²) >= 11 is 9.15. The molecule has 0 aliphatic rings. The number of hydrogen-bond acceptors (Lipinski definition) is 3. The largest absolute Gasteiger partial charge is 0.383 e. The van der Waals surface area contributed by atoms with Gasteiger partial charge in [-0.2, -0.15) is 0 Å². The molecule has 0 bridgehead atoms. The summed E-state index contributed by atoms with van der Waals surface area (Å²) in [4.78, 5) is 4.08. The van der Waals surface area contributed by atoms with Gasteiger partial charge in [0.05, 0.1) is 6.61 Å². The van der Waals surface area contributed by atoms with Gasteiger partial charge in [0.15, 0.2) is 0 Å². The van der Waals surface area contributed by atoms with Gasteiger partial charge in [-0.1, -0.05) is 0 Å². The van der Waals surface area contributed by atoms with E-state index in [9.17, 15) is 0 Å². The Balaban J connectivity index is 2.41. The highest BCUT2D eigenvalue weighted by Crippen LogP contribution is 2.09. The van der Waals surface area contributed by atoms with Crippen LogP contribution in [0.4, 0.5) is 0 Å². The van der Waals surface area contributed by atoms with E-state index in [1.165, 1.54) is 0 Å². The Morgan fingerprint density at radius 1 is 1.60 bits per heavy atom. The molecule has 0 fully saturated rings. The predicted molar refractivity (Wildman–Crippen MR) is 65.2 cm³/mol. The second-order valence-electron chi connectivity index (χ2n) is 3.20. The molecule has 1 N–H and O–H groups in total. The molecular weight excluding hydrogens is 279 g/mol. The zero-order chi connectivity index (χ0) is 11.1. The van der Waals surface area contributed by atoms with Gasteiger partial charge in [0.1, 0.15) is 0 Å². The average molecular weight is 294 g/mol. The van der Waals surface area contributed by atoms with Crippen molar-refractivity contribution in [2.75, 3.05) is 19.6 Å². The van der Waals surface area contributed by atoms with Gasteiger partial charge in [0, 0.05) is 42.4 Å². The second-order valence-corrected chi connectivity index (χ2v) is 4.42. The fourth-order valence-electron chi connectivity index (χ4n) is 1.17. The molecule has 0 aromatic carbocycles. The van der Waals surface area contributed by atoms with Gasteiger partial charge in [-0.25, -0.2) is 0 Å². The van der Waals surface area contributed by atoms with E-state index in [-0.39, 0.29) is 6.04 Å². The molecule has 0 saturated heterocycles. The minimum absolute atomic E-state index is 0.177. The van der Waals surface area contributed by atoms with Crippen molar-refractivity contribution in [3.63, 3.8) is 0 Å². The third-order valence-corrected chi connectivity index (χ3v) is 2.72. The number of alkyl halides is 1. The molecule has 0 aliphatic heterocycles. The van der Waals surface area contributed by atoms with Gasteiger partial charge in [0.2, 0.25) is 0 Å². The molecule has 1 rings (SSSR count).